The van der Waals surface area contributed by atoms with Crippen LogP contribution in [-0.4, -0.2) is 59.8 Å². The maximum absolute atomic E-state index is 6.38. The standard InChI is InChI=1S/C16H32N2OS/c1-7-17-14-13(15(2,3)19-16(14,4)5)10-18(6)12-8-9-20-11-12/h12-14,17H,7-11H2,1-6H3. The fourth-order valence-electron chi connectivity index (χ4n) is 3.97. The maximum atomic E-state index is 6.38. The van der Waals surface area contributed by atoms with E-state index in [1.807, 2.05) is 0 Å². The van der Waals surface area contributed by atoms with Gasteiger partial charge in [0, 0.05) is 30.3 Å². The van der Waals surface area contributed by atoms with Crippen molar-refractivity contribution in [3.8, 4) is 0 Å². The minimum Gasteiger partial charge on any atom is -0.368 e. The second kappa shape index (κ2) is 6.15. The van der Waals surface area contributed by atoms with Gasteiger partial charge in [0.1, 0.15) is 0 Å². The molecule has 2 aliphatic rings. The van der Waals surface area contributed by atoms with E-state index in [1.54, 1.807) is 0 Å². The van der Waals surface area contributed by atoms with Crippen LogP contribution in [-0.2, 0) is 4.74 Å². The lowest BCUT2D eigenvalue weighted by molar-refractivity contribution is -0.0796. The molecule has 2 rings (SSSR count). The zero-order valence-corrected chi connectivity index (χ0v) is 14.8. The quantitative estimate of drug-likeness (QED) is 0.843. The summed E-state index contributed by atoms with van der Waals surface area (Å²) in [5, 5.41) is 3.68. The van der Waals surface area contributed by atoms with Gasteiger partial charge in [0.2, 0.25) is 0 Å². The van der Waals surface area contributed by atoms with Gasteiger partial charge in [-0.25, -0.2) is 0 Å². The van der Waals surface area contributed by atoms with Crippen molar-refractivity contribution in [3.05, 3.63) is 0 Å². The summed E-state index contributed by atoms with van der Waals surface area (Å²) in [7, 11) is 2.29. The van der Waals surface area contributed by atoms with Crippen LogP contribution < -0.4 is 5.32 Å². The van der Waals surface area contributed by atoms with Gasteiger partial charge in [-0.1, -0.05) is 6.92 Å². The highest BCUT2D eigenvalue weighted by Crippen LogP contribution is 2.43. The Morgan fingerprint density at radius 3 is 2.50 bits per heavy atom. The molecule has 0 spiro atoms. The molecule has 0 bridgehead atoms. The Labute approximate surface area is 129 Å². The third-order valence-corrected chi connectivity index (χ3v) is 6.15. The Morgan fingerprint density at radius 1 is 1.25 bits per heavy atom. The molecule has 1 N–H and O–H groups in total. The first-order chi connectivity index (χ1) is 9.28. The molecular formula is C16H32N2OS. The van der Waals surface area contributed by atoms with E-state index in [2.05, 4.69) is 63.6 Å². The van der Waals surface area contributed by atoms with Crippen molar-refractivity contribution >= 4 is 11.8 Å². The lowest BCUT2D eigenvalue weighted by atomic mass is 9.82. The summed E-state index contributed by atoms with van der Waals surface area (Å²) in [5.41, 5.74) is -0.147. The minimum absolute atomic E-state index is 0.0592. The number of rotatable bonds is 5. The average Bonchev–Trinajstić information content (AvgIpc) is 2.89. The highest BCUT2D eigenvalue weighted by molar-refractivity contribution is 7.99. The van der Waals surface area contributed by atoms with E-state index in [0.717, 1.165) is 19.1 Å². The van der Waals surface area contributed by atoms with E-state index in [9.17, 15) is 0 Å². The minimum atomic E-state index is -0.0879. The molecular weight excluding hydrogens is 268 g/mol. The average molecular weight is 301 g/mol. The van der Waals surface area contributed by atoms with Crippen LogP contribution in [0.15, 0.2) is 0 Å². The summed E-state index contributed by atoms with van der Waals surface area (Å²) < 4.78 is 6.38. The monoisotopic (exact) mass is 300 g/mol. The molecule has 0 saturated carbocycles. The summed E-state index contributed by atoms with van der Waals surface area (Å²) in [4.78, 5) is 2.57. The molecule has 20 heavy (non-hydrogen) atoms. The summed E-state index contributed by atoms with van der Waals surface area (Å²) in [6, 6.07) is 1.18. The van der Waals surface area contributed by atoms with Crippen molar-refractivity contribution in [2.45, 2.75) is 64.3 Å². The molecule has 2 heterocycles. The summed E-state index contributed by atoms with van der Waals surface area (Å²) in [6.45, 7) is 13.3. The van der Waals surface area contributed by atoms with Gasteiger partial charge in [-0.05, 0) is 53.5 Å². The molecule has 0 aromatic carbocycles. The van der Waals surface area contributed by atoms with E-state index in [1.165, 1.54) is 17.9 Å². The van der Waals surface area contributed by atoms with Crippen LogP contribution in [0.25, 0.3) is 0 Å². The van der Waals surface area contributed by atoms with Crippen molar-refractivity contribution in [3.63, 3.8) is 0 Å². The van der Waals surface area contributed by atoms with E-state index < -0.39 is 0 Å². The van der Waals surface area contributed by atoms with E-state index >= 15 is 0 Å². The molecule has 118 valence electrons. The number of nitrogens with one attached hydrogen (secondary N) is 1. The van der Waals surface area contributed by atoms with Crippen LogP contribution in [0.3, 0.4) is 0 Å². The molecule has 3 atom stereocenters. The molecule has 0 aliphatic carbocycles. The molecule has 0 radical (unpaired) electrons. The number of ether oxygens (including phenoxy) is 1. The Bertz CT molecular complexity index is 326. The second-order valence-electron chi connectivity index (χ2n) is 7.41. The Morgan fingerprint density at radius 2 is 1.95 bits per heavy atom. The highest BCUT2D eigenvalue weighted by Gasteiger charge is 2.53. The summed E-state index contributed by atoms with van der Waals surface area (Å²) in [5.74, 6) is 3.15. The molecule has 0 amide bonds. The Kier molecular flexibility index (Phi) is 5.11. The second-order valence-corrected chi connectivity index (χ2v) is 8.56. The number of thioether (sulfide) groups is 1. The van der Waals surface area contributed by atoms with Crippen LogP contribution in [0.1, 0.15) is 41.0 Å². The van der Waals surface area contributed by atoms with Gasteiger partial charge in [-0.2, -0.15) is 11.8 Å². The maximum Gasteiger partial charge on any atom is 0.0790 e. The number of likely N-dealkylation sites (N-methyl/N-ethyl adjacent to an activating group) is 1. The van der Waals surface area contributed by atoms with E-state index in [-0.39, 0.29) is 11.2 Å². The first-order valence-corrected chi connectivity index (χ1v) is 9.15. The third-order valence-electron chi connectivity index (χ3n) is 5.01. The van der Waals surface area contributed by atoms with Crippen molar-refractivity contribution in [2.24, 2.45) is 5.92 Å². The lowest BCUT2D eigenvalue weighted by Gasteiger charge is -2.35. The van der Waals surface area contributed by atoms with E-state index in [4.69, 9.17) is 4.74 Å². The predicted molar refractivity (Wildman–Crippen MR) is 88.6 cm³/mol. The highest BCUT2D eigenvalue weighted by atomic mass is 32.2. The molecule has 2 aliphatic heterocycles. The number of hydrogen-bond acceptors (Lipinski definition) is 4. The molecule has 3 unspecified atom stereocenters. The van der Waals surface area contributed by atoms with E-state index in [0.29, 0.717) is 12.0 Å². The number of hydrogen-bond donors (Lipinski definition) is 1. The van der Waals surface area contributed by atoms with Crippen LogP contribution in [0, 0.1) is 5.92 Å². The zero-order chi connectivity index (χ0) is 15.0. The molecule has 4 heteroatoms. The van der Waals surface area contributed by atoms with Crippen LogP contribution in [0.4, 0.5) is 0 Å². The van der Waals surface area contributed by atoms with Crippen molar-refractivity contribution < 1.29 is 4.74 Å². The van der Waals surface area contributed by atoms with Crippen LogP contribution >= 0.6 is 11.8 Å². The van der Waals surface area contributed by atoms with Gasteiger partial charge >= 0.3 is 0 Å². The van der Waals surface area contributed by atoms with Gasteiger partial charge in [0.05, 0.1) is 11.2 Å². The molecule has 0 aromatic heterocycles. The molecule has 0 aromatic rings. The van der Waals surface area contributed by atoms with Gasteiger partial charge in [-0.15, -0.1) is 0 Å². The third kappa shape index (κ3) is 3.34. The topological polar surface area (TPSA) is 24.5 Å². The molecule has 3 nitrogen and oxygen atoms in total. The first-order valence-electron chi connectivity index (χ1n) is 7.99. The van der Waals surface area contributed by atoms with Crippen LogP contribution in [0.2, 0.25) is 0 Å². The van der Waals surface area contributed by atoms with Gasteiger partial charge < -0.3 is 15.0 Å². The van der Waals surface area contributed by atoms with Gasteiger partial charge in [0.25, 0.3) is 0 Å². The zero-order valence-electron chi connectivity index (χ0n) is 14.0. The largest absolute Gasteiger partial charge is 0.368 e. The first kappa shape index (κ1) is 16.6. The smallest absolute Gasteiger partial charge is 0.0790 e. The molecule has 2 fully saturated rings. The fourth-order valence-corrected chi connectivity index (χ4v) is 5.26. The summed E-state index contributed by atoms with van der Waals surface area (Å²) >= 11 is 2.09. The Hall–Kier alpha value is 0.230. The fraction of sp³-hybridized carbons (Fsp3) is 1.00. The van der Waals surface area contributed by atoms with Crippen molar-refractivity contribution in [1.29, 1.82) is 0 Å². The normalized spacial score (nSPS) is 35.9. The van der Waals surface area contributed by atoms with Gasteiger partial charge in [-0.3, -0.25) is 0 Å². The predicted octanol–water partition coefficient (Wildman–Crippen LogP) is 2.61. The van der Waals surface area contributed by atoms with Crippen molar-refractivity contribution in [1.82, 2.24) is 10.2 Å². The number of nitrogens with zero attached hydrogens (tertiary/aromatic N) is 1. The Balaban J connectivity index is 2.09. The van der Waals surface area contributed by atoms with Crippen molar-refractivity contribution in [2.75, 3.05) is 31.6 Å². The summed E-state index contributed by atoms with van der Waals surface area (Å²) in [6.07, 6.45) is 1.34. The SMILES string of the molecule is CCNC1C(CN(C)C2CCSC2)C(C)(C)OC1(C)C. The van der Waals surface area contributed by atoms with Gasteiger partial charge in [0.15, 0.2) is 0 Å². The van der Waals surface area contributed by atoms with Crippen LogP contribution in [0.5, 0.6) is 0 Å². The molecule has 2 saturated heterocycles. The lowest BCUT2D eigenvalue weighted by Crippen LogP contribution is -2.51.